The summed E-state index contributed by atoms with van der Waals surface area (Å²) in [6.45, 7) is 0. The van der Waals surface area contributed by atoms with E-state index in [1.807, 2.05) is 60.7 Å². The number of carbonyl (C=O) groups is 1. The van der Waals surface area contributed by atoms with Gasteiger partial charge in [0.25, 0.3) is 0 Å². The van der Waals surface area contributed by atoms with Crippen LogP contribution in [0.1, 0.15) is 24.0 Å². The number of nitrogens with zero attached hydrogens (tertiary/aromatic N) is 2. The summed E-state index contributed by atoms with van der Waals surface area (Å²) in [5, 5.41) is 0. The fourth-order valence-electron chi connectivity index (χ4n) is 2.66. The van der Waals surface area contributed by atoms with Gasteiger partial charge in [-0.15, -0.1) is 0 Å². The summed E-state index contributed by atoms with van der Waals surface area (Å²) in [7, 11) is 0. The predicted molar refractivity (Wildman–Crippen MR) is 101 cm³/mol. The standard InChI is InChI=1S/C22H18N2O2/c25-22(18-11-12-18)26-20-13-14-23-15-19(20)24-21(16-7-3-1-4-8-16)17-9-5-2-6-10-17/h1-10,13-15,18H,11-12H2. The first-order chi connectivity index (χ1) is 12.8. The number of hydrogen-bond acceptors (Lipinski definition) is 4. The Balaban J connectivity index is 1.77. The van der Waals surface area contributed by atoms with E-state index in [1.165, 1.54) is 0 Å². The summed E-state index contributed by atoms with van der Waals surface area (Å²) in [5.41, 5.74) is 3.33. The van der Waals surface area contributed by atoms with Crippen molar-refractivity contribution >= 4 is 17.4 Å². The third-order valence-corrected chi connectivity index (χ3v) is 4.21. The maximum Gasteiger partial charge on any atom is 0.314 e. The first-order valence-corrected chi connectivity index (χ1v) is 8.66. The lowest BCUT2D eigenvalue weighted by Gasteiger charge is -2.10. The number of pyridine rings is 1. The number of hydrogen-bond donors (Lipinski definition) is 0. The molecule has 4 rings (SSSR count). The molecule has 0 radical (unpaired) electrons. The van der Waals surface area contributed by atoms with E-state index in [4.69, 9.17) is 9.73 Å². The van der Waals surface area contributed by atoms with Crippen LogP contribution in [0.15, 0.2) is 84.1 Å². The van der Waals surface area contributed by atoms with E-state index in [2.05, 4.69) is 4.98 Å². The fourth-order valence-corrected chi connectivity index (χ4v) is 2.66. The van der Waals surface area contributed by atoms with Gasteiger partial charge in [0.2, 0.25) is 0 Å². The lowest BCUT2D eigenvalue weighted by atomic mass is 10.0. The maximum atomic E-state index is 12.1. The zero-order chi connectivity index (χ0) is 17.8. The average Bonchev–Trinajstić information content (AvgIpc) is 3.54. The molecule has 2 aromatic carbocycles. The Morgan fingerprint density at radius 1 is 0.923 bits per heavy atom. The second kappa shape index (κ2) is 7.31. The van der Waals surface area contributed by atoms with Crippen molar-refractivity contribution in [2.24, 2.45) is 10.9 Å². The van der Waals surface area contributed by atoms with Crippen LogP contribution in [-0.4, -0.2) is 16.7 Å². The second-order valence-electron chi connectivity index (χ2n) is 6.23. The molecule has 4 nitrogen and oxygen atoms in total. The topological polar surface area (TPSA) is 51.5 Å². The van der Waals surface area contributed by atoms with E-state index in [0.29, 0.717) is 11.4 Å². The monoisotopic (exact) mass is 342 g/mol. The number of aromatic nitrogens is 1. The van der Waals surface area contributed by atoms with Crippen molar-refractivity contribution in [3.63, 3.8) is 0 Å². The zero-order valence-corrected chi connectivity index (χ0v) is 14.2. The third-order valence-electron chi connectivity index (χ3n) is 4.21. The molecule has 1 aliphatic carbocycles. The van der Waals surface area contributed by atoms with Crippen LogP contribution in [0.3, 0.4) is 0 Å². The molecule has 26 heavy (non-hydrogen) atoms. The highest BCUT2D eigenvalue weighted by atomic mass is 16.5. The molecule has 4 heteroatoms. The van der Waals surface area contributed by atoms with Crippen LogP contribution in [-0.2, 0) is 4.79 Å². The Morgan fingerprint density at radius 3 is 2.12 bits per heavy atom. The van der Waals surface area contributed by atoms with Crippen molar-refractivity contribution < 1.29 is 9.53 Å². The number of rotatable bonds is 5. The van der Waals surface area contributed by atoms with Crippen molar-refractivity contribution in [3.05, 3.63) is 90.3 Å². The van der Waals surface area contributed by atoms with E-state index in [0.717, 1.165) is 29.7 Å². The summed E-state index contributed by atoms with van der Waals surface area (Å²) in [6.07, 6.45) is 5.05. The number of aliphatic imine (C=N–C) groups is 1. The first kappa shape index (κ1) is 16.2. The highest BCUT2D eigenvalue weighted by Gasteiger charge is 2.32. The van der Waals surface area contributed by atoms with E-state index in [-0.39, 0.29) is 11.9 Å². The normalized spacial score (nSPS) is 13.1. The van der Waals surface area contributed by atoms with Crippen LogP contribution in [0.5, 0.6) is 5.75 Å². The maximum absolute atomic E-state index is 12.1. The lowest BCUT2D eigenvalue weighted by molar-refractivity contribution is -0.135. The molecular weight excluding hydrogens is 324 g/mol. The van der Waals surface area contributed by atoms with Crippen LogP contribution >= 0.6 is 0 Å². The molecule has 0 bridgehead atoms. The van der Waals surface area contributed by atoms with E-state index < -0.39 is 0 Å². The average molecular weight is 342 g/mol. The summed E-state index contributed by atoms with van der Waals surface area (Å²) in [4.78, 5) is 21.0. The van der Waals surface area contributed by atoms with Crippen molar-refractivity contribution in [1.82, 2.24) is 4.98 Å². The van der Waals surface area contributed by atoms with Crippen LogP contribution in [0.2, 0.25) is 0 Å². The molecule has 1 heterocycles. The van der Waals surface area contributed by atoms with Gasteiger partial charge in [0.15, 0.2) is 5.75 Å². The molecule has 1 fully saturated rings. The fraction of sp³-hybridized carbons (Fsp3) is 0.136. The quantitative estimate of drug-likeness (QED) is 0.504. The van der Waals surface area contributed by atoms with Gasteiger partial charge in [-0.25, -0.2) is 4.99 Å². The Kier molecular flexibility index (Phi) is 4.56. The number of ether oxygens (including phenoxy) is 1. The molecule has 0 saturated heterocycles. The highest BCUT2D eigenvalue weighted by molar-refractivity contribution is 6.14. The molecule has 0 amide bonds. The van der Waals surface area contributed by atoms with Gasteiger partial charge >= 0.3 is 5.97 Å². The molecular formula is C22H18N2O2. The van der Waals surface area contributed by atoms with Crippen LogP contribution in [0.25, 0.3) is 0 Å². The molecule has 0 unspecified atom stereocenters. The Morgan fingerprint density at radius 2 is 1.54 bits per heavy atom. The van der Waals surface area contributed by atoms with E-state index in [9.17, 15) is 4.79 Å². The van der Waals surface area contributed by atoms with Gasteiger partial charge in [0.1, 0.15) is 5.69 Å². The van der Waals surface area contributed by atoms with Gasteiger partial charge in [-0.3, -0.25) is 9.78 Å². The smallest absolute Gasteiger partial charge is 0.314 e. The van der Waals surface area contributed by atoms with Crippen LogP contribution in [0, 0.1) is 5.92 Å². The molecule has 0 spiro atoms. The minimum Gasteiger partial charge on any atom is -0.424 e. The summed E-state index contributed by atoms with van der Waals surface area (Å²) in [5.74, 6) is 0.289. The van der Waals surface area contributed by atoms with Gasteiger partial charge in [-0.05, 0) is 12.8 Å². The highest BCUT2D eigenvalue weighted by Crippen LogP contribution is 2.34. The van der Waals surface area contributed by atoms with Gasteiger partial charge in [-0.1, -0.05) is 60.7 Å². The van der Waals surface area contributed by atoms with Crippen LogP contribution < -0.4 is 4.74 Å². The minimum absolute atomic E-state index is 0.0303. The number of benzene rings is 2. The summed E-state index contributed by atoms with van der Waals surface area (Å²) < 4.78 is 5.56. The third kappa shape index (κ3) is 3.70. The summed E-state index contributed by atoms with van der Waals surface area (Å²) in [6, 6.07) is 21.6. The largest absolute Gasteiger partial charge is 0.424 e. The molecule has 3 aromatic rings. The Labute approximate surface area is 152 Å². The summed E-state index contributed by atoms with van der Waals surface area (Å²) >= 11 is 0. The molecule has 0 N–H and O–H groups in total. The number of esters is 1. The molecule has 0 atom stereocenters. The van der Waals surface area contributed by atoms with Gasteiger partial charge in [0, 0.05) is 23.4 Å². The van der Waals surface area contributed by atoms with Crippen molar-refractivity contribution in [2.45, 2.75) is 12.8 Å². The lowest BCUT2D eigenvalue weighted by Crippen LogP contribution is -2.10. The molecule has 1 saturated carbocycles. The zero-order valence-electron chi connectivity index (χ0n) is 14.2. The van der Waals surface area contributed by atoms with Crippen LogP contribution in [0.4, 0.5) is 5.69 Å². The minimum atomic E-state index is -0.186. The van der Waals surface area contributed by atoms with Crippen molar-refractivity contribution in [2.75, 3.05) is 0 Å². The first-order valence-electron chi connectivity index (χ1n) is 8.66. The van der Waals surface area contributed by atoms with Gasteiger partial charge in [-0.2, -0.15) is 0 Å². The van der Waals surface area contributed by atoms with E-state index >= 15 is 0 Å². The predicted octanol–water partition coefficient (Wildman–Crippen LogP) is 4.57. The Hall–Kier alpha value is -3.27. The van der Waals surface area contributed by atoms with E-state index in [1.54, 1.807) is 18.5 Å². The second-order valence-corrected chi connectivity index (χ2v) is 6.23. The van der Waals surface area contributed by atoms with Gasteiger partial charge in [0.05, 0.1) is 17.8 Å². The molecule has 128 valence electrons. The van der Waals surface area contributed by atoms with Crippen molar-refractivity contribution in [3.8, 4) is 5.75 Å². The van der Waals surface area contributed by atoms with Gasteiger partial charge < -0.3 is 4.74 Å². The molecule has 1 aliphatic rings. The number of carbonyl (C=O) groups excluding carboxylic acids is 1. The molecule has 1 aromatic heterocycles. The van der Waals surface area contributed by atoms with Crippen molar-refractivity contribution in [1.29, 1.82) is 0 Å². The molecule has 0 aliphatic heterocycles. The SMILES string of the molecule is O=C(Oc1ccncc1N=C(c1ccccc1)c1ccccc1)C1CC1. The Bertz CT molecular complexity index is 891.